The van der Waals surface area contributed by atoms with Crippen molar-refractivity contribution in [2.24, 2.45) is 7.05 Å². The third kappa shape index (κ3) is 2.90. The normalized spacial score (nSPS) is 11.3. The average Bonchev–Trinajstić information content (AvgIpc) is 2.73. The number of anilines is 2. The van der Waals surface area contributed by atoms with Gasteiger partial charge in [0.05, 0.1) is 12.1 Å². The van der Waals surface area contributed by atoms with Crippen LogP contribution in [0.5, 0.6) is 0 Å². The molecule has 0 bridgehead atoms. The summed E-state index contributed by atoms with van der Waals surface area (Å²) in [4.78, 5) is 4.92. The van der Waals surface area contributed by atoms with Gasteiger partial charge in [-0.25, -0.2) is 18.1 Å². The summed E-state index contributed by atoms with van der Waals surface area (Å²) in [5, 5.41) is 13.7. The molecule has 9 nitrogen and oxygen atoms in total. The Labute approximate surface area is 114 Å². The summed E-state index contributed by atoms with van der Waals surface area (Å²) in [6.45, 7) is 0. The number of aryl methyl sites for hydroxylation is 1. The third-order valence-corrected chi connectivity index (χ3v) is 3.68. The van der Waals surface area contributed by atoms with Gasteiger partial charge in [-0.1, -0.05) is 16.7 Å². The van der Waals surface area contributed by atoms with Crippen molar-refractivity contribution in [2.75, 3.05) is 17.1 Å². The summed E-state index contributed by atoms with van der Waals surface area (Å²) in [5.74, 6) is 0.259. The molecular formula is C8H10ClN7O2S. The number of aromatic nitrogens is 5. The summed E-state index contributed by atoms with van der Waals surface area (Å²) in [5.41, 5.74) is 0. The fraction of sp³-hybridized carbons (Fsp3) is 0.250. The minimum atomic E-state index is -3.85. The van der Waals surface area contributed by atoms with E-state index < -0.39 is 10.0 Å². The Morgan fingerprint density at radius 1 is 1.42 bits per heavy atom. The highest BCUT2D eigenvalue weighted by Gasteiger charge is 2.18. The molecule has 0 unspecified atom stereocenters. The Bertz CT molecular complexity index is 699. The summed E-state index contributed by atoms with van der Waals surface area (Å²) < 4.78 is 26.2. The zero-order chi connectivity index (χ0) is 14.0. The number of nitrogens with zero attached hydrogens (tertiary/aromatic N) is 5. The number of hydrogen-bond donors (Lipinski definition) is 2. The van der Waals surface area contributed by atoms with E-state index in [2.05, 4.69) is 30.4 Å². The van der Waals surface area contributed by atoms with Crippen molar-refractivity contribution < 1.29 is 8.42 Å². The number of tetrazole rings is 1. The standard InChI is InChI=1S/C8H10ClN7O2S/c1-10-7-6(9)3-5(4-11-7)19(17,18)14-8-12-15-16(2)13-8/h3-4H,1-2H3,(H,10,11)(H,13,14). The molecule has 11 heteroatoms. The largest absolute Gasteiger partial charge is 0.372 e. The molecule has 2 aromatic rings. The lowest BCUT2D eigenvalue weighted by Gasteiger charge is -2.06. The number of hydrogen-bond acceptors (Lipinski definition) is 7. The van der Waals surface area contributed by atoms with Crippen molar-refractivity contribution in [2.45, 2.75) is 4.90 Å². The fourth-order valence-corrected chi connectivity index (χ4v) is 2.49. The second kappa shape index (κ2) is 4.97. The van der Waals surface area contributed by atoms with Crippen molar-refractivity contribution in [1.82, 2.24) is 25.2 Å². The van der Waals surface area contributed by atoms with Crippen LogP contribution >= 0.6 is 11.6 Å². The van der Waals surface area contributed by atoms with Gasteiger partial charge < -0.3 is 5.32 Å². The van der Waals surface area contributed by atoms with Gasteiger partial charge in [-0.05, 0) is 11.3 Å². The molecule has 0 fully saturated rings. The lowest BCUT2D eigenvalue weighted by molar-refractivity contribution is 0.600. The van der Waals surface area contributed by atoms with E-state index in [1.807, 2.05) is 0 Å². The highest BCUT2D eigenvalue weighted by atomic mass is 35.5. The summed E-state index contributed by atoms with van der Waals surface area (Å²) in [6, 6.07) is 1.28. The van der Waals surface area contributed by atoms with Crippen molar-refractivity contribution in [3.63, 3.8) is 0 Å². The first-order valence-electron chi connectivity index (χ1n) is 5.02. The molecule has 0 amide bonds. The second-order valence-corrected chi connectivity index (χ2v) is 5.55. The van der Waals surface area contributed by atoms with Crippen LogP contribution in [0.1, 0.15) is 0 Å². The number of sulfonamides is 1. The molecule has 0 saturated carbocycles. The van der Waals surface area contributed by atoms with E-state index >= 15 is 0 Å². The van der Waals surface area contributed by atoms with Crippen molar-refractivity contribution >= 4 is 33.4 Å². The predicted octanol–water partition coefficient (Wildman–Crippen LogP) is 0.101. The predicted molar refractivity (Wildman–Crippen MR) is 68.4 cm³/mol. The molecule has 0 atom stereocenters. The number of nitrogens with one attached hydrogen (secondary N) is 2. The maximum atomic E-state index is 12.0. The van der Waals surface area contributed by atoms with Crippen molar-refractivity contribution in [3.8, 4) is 0 Å². The van der Waals surface area contributed by atoms with Crippen LogP contribution < -0.4 is 10.0 Å². The zero-order valence-corrected chi connectivity index (χ0v) is 11.6. The number of rotatable bonds is 4. The van der Waals surface area contributed by atoms with Crippen LogP contribution in [0.4, 0.5) is 11.8 Å². The Morgan fingerprint density at radius 3 is 2.68 bits per heavy atom. The van der Waals surface area contributed by atoms with Gasteiger partial charge in [0.25, 0.3) is 16.0 Å². The second-order valence-electron chi connectivity index (χ2n) is 3.46. The van der Waals surface area contributed by atoms with Crippen LogP contribution in [0.15, 0.2) is 17.2 Å². The minimum Gasteiger partial charge on any atom is -0.372 e. The van der Waals surface area contributed by atoms with E-state index in [1.54, 1.807) is 7.05 Å². The molecule has 2 rings (SSSR count). The van der Waals surface area contributed by atoms with Crippen LogP contribution in [-0.4, -0.2) is 40.7 Å². The fourth-order valence-electron chi connectivity index (χ4n) is 1.26. The maximum absolute atomic E-state index is 12.0. The number of halogens is 1. The van der Waals surface area contributed by atoms with E-state index in [-0.39, 0.29) is 15.9 Å². The lowest BCUT2D eigenvalue weighted by Crippen LogP contribution is -2.14. The smallest absolute Gasteiger partial charge is 0.277 e. The average molecular weight is 304 g/mol. The lowest BCUT2D eigenvalue weighted by atomic mass is 10.4. The van der Waals surface area contributed by atoms with Crippen molar-refractivity contribution in [1.29, 1.82) is 0 Å². The first kappa shape index (κ1) is 13.5. The van der Waals surface area contributed by atoms with Crippen molar-refractivity contribution in [3.05, 3.63) is 17.3 Å². The SMILES string of the molecule is CNc1ncc(S(=O)(=O)Nc2nnn(C)n2)cc1Cl. The molecule has 2 N–H and O–H groups in total. The zero-order valence-electron chi connectivity index (χ0n) is 9.99. The first-order chi connectivity index (χ1) is 8.92. The van der Waals surface area contributed by atoms with Gasteiger partial charge >= 0.3 is 0 Å². The minimum absolute atomic E-state index is 0.0936. The van der Waals surface area contributed by atoms with E-state index in [0.717, 1.165) is 4.80 Å². The summed E-state index contributed by atoms with van der Waals surface area (Å²) in [6.07, 6.45) is 1.18. The highest BCUT2D eigenvalue weighted by Crippen LogP contribution is 2.22. The van der Waals surface area contributed by atoms with E-state index in [9.17, 15) is 8.42 Å². The van der Waals surface area contributed by atoms with Crippen LogP contribution in [0.25, 0.3) is 0 Å². The Morgan fingerprint density at radius 2 is 2.16 bits per heavy atom. The first-order valence-corrected chi connectivity index (χ1v) is 6.88. The Balaban J connectivity index is 2.31. The molecular weight excluding hydrogens is 294 g/mol. The van der Waals surface area contributed by atoms with Gasteiger partial charge in [-0.15, -0.1) is 5.10 Å². The molecule has 0 aromatic carbocycles. The molecule has 0 radical (unpaired) electrons. The molecule has 0 spiro atoms. The monoisotopic (exact) mass is 303 g/mol. The summed E-state index contributed by atoms with van der Waals surface area (Å²) >= 11 is 5.88. The molecule has 2 aromatic heterocycles. The summed E-state index contributed by atoms with van der Waals surface area (Å²) in [7, 11) is -0.703. The Hall–Kier alpha value is -1.94. The molecule has 2 heterocycles. The van der Waals surface area contributed by atoms with Gasteiger partial charge in [-0.2, -0.15) is 4.80 Å². The van der Waals surface area contributed by atoms with Gasteiger partial charge in [-0.3, -0.25) is 0 Å². The molecule has 0 aliphatic rings. The van der Waals surface area contributed by atoms with E-state index in [4.69, 9.17) is 11.6 Å². The Kier molecular flexibility index (Phi) is 3.53. The van der Waals surface area contributed by atoms with Gasteiger partial charge in [0.15, 0.2) is 0 Å². The van der Waals surface area contributed by atoms with Crippen LogP contribution in [0.2, 0.25) is 5.02 Å². The third-order valence-electron chi connectivity index (χ3n) is 2.10. The molecule has 0 saturated heterocycles. The highest BCUT2D eigenvalue weighted by molar-refractivity contribution is 7.92. The number of pyridine rings is 1. The molecule has 0 aliphatic carbocycles. The van der Waals surface area contributed by atoms with Gasteiger partial charge in [0.2, 0.25) is 0 Å². The quantitative estimate of drug-likeness (QED) is 0.823. The van der Waals surface area contributed by atoms with Gasteiger partial charge in [0.1, 0.15) is 10.7 Å². The maximum Gasteiger partial charge on any atom is 0.277 e. The molecule has 19 heavy (non-hydrogen) atoms. The van der Waals surface area contributed by atoms with E-state index in [0.29, 0.717) is 5.82 Å². The topological polar surface area (TPSA) is 115 Å². The van der Waals surface area contributed by atoms with E-state index in [1.165, 1.54) is 19.3 Å². The molecule has 102 valence electrons. The van der Waals surface area contributed by atoms with Crippen LogP contribution in [0, 0.1) is 0 Å². The van der Waals surface area contributed by atoms with Crippen LogP contribution in [-0.2, 0) is 17.1 Å². The molecule has 0 aliphatic heterocycles. The van der Waals surface area contributed by atoms with Crippen LogP contribution in [0.3, 0.4) is 0 Å². The van der Waals surface area contributed by atoms with Gasteiger partial charge in [0, 0.05) is 13.2 Å².